The lowest BCUT2D eigenvalue weighted by Crippen LogP contribution is -2.57. The molecule has 2 saturated heterocycles. The van der Waals surface area contributed by atoms with Crippen LogP contribution in [-0.2, 0) is 19.7 Å². The van der Waals surface area contributed by atoms with Crippen molar-refractivity contribution in [3.63, 3.8) is 0 Å². The number of hydrogen-bond acceptors (Lipinski definition) is 8. The Morgan fingerprint density at radius 1 is 0.962 bits per heavy atom. The van der Waals surface area contributed by atoms with Crippen LogP contribution in [0.1, 0.15) is 94.2 Å². The Morgan fingerprint density at radius 3 is 2.38 bits per heavy atom. The van der Waals surface area contributed by atoms with Crippen LogP contribution < -0.4 is 9.64 Å². The number of rotatable bonds is 7. The maximum atomic E-state index is 14.8. The molecule has 0 bridgehead atoms. The third-order valence-corrected chi connectivity index (χ3v) is 12.3. The second-order valence-corrected chi connectivity index (χ2v) is 16.7. The molecule has 0 unspecified atom stereocenters. The minimum atomic E-state index is -0.648. The zero-order valence-corrected chi connectivity index (χ0v) is 31.9. The van der Waals surface area contributed by atoms with Crippen LogP contribution in [0.15, 0.2) is 48.8 Å². The number of esters is 1. The highest BCUT2D eigenvalue weighted by Gasteiger charge is 2.56. The van der Waals surface area contributed by atoms with Crippen LogP contribution in [0.2, 0.25) is 0 Å². The molecule has 53 heavy (non-hydrogen) atoms. The van der Waals surface area contributed by atoms with Gasteiger partial charge in [0.05, 0.1) is 35.6 Å². The third kappa shape index (κ3) is 5.97. The molecule has 2 amide bonds. The molecule has 4 aliphatic rings. The van der Waals surface area contributed by atoms with Gasteiger partial charge in [0.1, 0.15) is 11.3 Å². The van der Waals surface area contributed by atoms with E-state index in [2.05, 4.69) is 55.7 Å². The number of aryl methyl sites for hydroxylation is 1. The van der Waals surface area contributed by atoms with Crippen molar-refractivity contribution in [2.75, 3.05) is 38.2 Å². The molecule has 3 aliphatic heterocycles. The first kappa shape index (κ1) is 35.3. The highest BCUT2D eigenvalue weighted by molar-refractivity contribution is 6.09. The molecule has 8 rings (SSSR count). The summed E-state index contributed by atoms with van der Waals surface area (Å²) < 4.78 is 13.6. The monoisotopic (exact) mass is 718 g/mol. The van der Waals surface area contributed by atoms with Crippen molar-refractivity contribution in [3.05, 3.63) is 65.5 Å². The number of hydrogen-bond donors (Lipinski definition) is 0. The number of benzene rings is 2. The average molecular weight is 719 g/mol. The number of likely N-dealkylation sites (tertiary alicyclic amines) is 2. The van der Waals surface area contributed by atoms with Gasteiger partial charge in [-0.3, -0.25) is 14.5 Å². The minimum absolute atomic E-state index is 0.0552. The second kappa shape index (κ2) is 13.0. The van der Waals surface area contributed by atoms with Gasteiger partial charge in [-0.25, -0.2) is 14.8 Å². The molecule has 2 aromatic carbocycles. The molecule has 1 spiro atoms. The second-order valence-electron chi connectivity index (χ2n) is 16.7. The van der Waals surface area contributed by atoms with E-state index in [0.717, 1.165) is 59.3 Å². The van der Waals surface area contributed by atoms with Gasteiger partial charge in [0.2, 0.25) is 17.7 Å². The largest absolute Gasteiger partial charge is 0.465 e. The van der Waals surface area contributed by atoms with Gasteiger partial charge in [0.25, 0.3) is 0 Å². The van der Waals surface area contributed by atoms with Crippen LogP contribution in [0.3, 0.4) is 0 Å². The van der Waals surface area contributed by atoms with Crippen molar-refractivity contribution in [2.24, 2.45) is 5.41 Å². The number of imidazole rings is 1. The lowest BCUT2D eigenvalue weighted by molar-refractivity contribution is -0.134. The molecule has 11 nitrogen and oxygen atoms in total. The van der Waals surface area contributed by atoms with Gasteiger partial charge in [-0.05, 0) is 100 Å². The van der Waals surface area contributed by atoms with Crippen LogP contribution in [0.5, 0.6) is 11.6 Å². The first-order valence-electron chi connectivity index (χ1n) is 19.0. The highest BCUT2D eigenvalue weighted by atomic mass is 16.5. The molecule has 3 fully saturated rings. The minimum Gasteiger partial charge on any atom is -0.465 e. The van der Waals surface area contributed by atoms with Gasteiger partial charge in [-0.1, -0.05) is 32.0 Å². The molecule has 0 N–H and O–H groups in total. The lowest BCUT2D eigenvalue weighted by Gasteiger charge is -2.46. The Labute approximate surface area is 311 Å². The van der Waals surface area contributed by atoms with Gasteiger partial charge < -0.3 is 23.8 Å². The van der Waals surface area contributed by atoms with E-state index in [9.17, 15) is 14.4 Å². The van der Waals surface area contributed by atoms with Crippen molar-refractivity contribution < 1.29 is 23.9 Å². The van der Waals surface area contributed by atoms with Crippen molar-refractivity contribution in [1.82, 2.24) is 24.3 Å². The van der Waals surface area contributed by atoms with Gasteiger partial charge in [0.15, 0.2) is 0 Å². The zero-order chi connectivity index (χ0) is 37.4. The number of amides is 2. The number of anilines is 1. The van der Waals surface area contributed by atoms with Crippen molar-refractivity contribution in [1.29, 1.82) is 0 Å². The summed E-state index contributed by atoms with van der Waals surface area (Å²) in [5.41, 5.74) is 5.92. The summed E-state index contributed by atoms with van der Waals surface area (Å²) in [4.78, 5) is 56.1. The molecule has 1 saturated carbocycles. The standard InChI is InChI=1S/C42H50N6O5/c1-25(2)47-24-43-35-22-34(44-38(37(35)47)53-31-10-8-26(3)32(21-31)39(50)52-7)28-9-11-33-36(18-28)48(30-19-29(20-30)46-15-12-41(5,6)23-46)40(51)42(33)13-16-45(17-14-42)27(4)49/h8-11,18,21-22,24-25,29-30H,12-17,19-20,23H2,1-7H3. The Kier molecular flexibility index (Phi) is 8.63. The van der Waals surface area contributed by atoms with E-state index in [1.807, 2.05) is 34.6 Å². The molecule has 5 heterocycles. The van der Waals surface area contributed by atoms with Gasteiger partial charge in [0, 0.05) is 55.9 Å². The van der Waals surface area contributed by atoms with Gasteiger partial charge in [-0.15, -0.1) is 0 Å². The Bertz CT molecular complexity index is 2120. The molecule has 4 aromatic rings. The predicted octanol–water partition coefficient (Wildman–Crippen LogP) is 7.06. The van der Waals surface area contributed by atoms with E-state index in [1.165, 1.54) is 13.5 Å². The van der Waals surface area contributed by atoms with Gasteiger partial charge in [-0.2, -0.15) is 0 Å². The highest BCUT2D eigenvalue weighted by Crippen LogP contribution is 2.52. The summed E-state index contributed by atoms with van der Waals surface area (Å²) in [5, 5.41) is 0. The fraction of sp³-hybridized carbons (Fsp3) is 0.500. The van der Waals surface area contributed by atoms with Gasteiger partial charge >= 0.3 is 5.97 Å². The fourth-order valence-corrected chi connectivity index (χ4v) is 9.08. The van der Waals surface area contributed by atoms with Crippen LogP contribution in [0, 0.1) is 12.3 Å². The molecule has 1 aliphatic carbocycles. The number of fused-ring (bicyclic) bond motifs is 3. The van der Waals surface area contributed by atoms with E-state index in [-0.39, 0.29) is 23.9 Å². The first-order chi connectivity index (χ1) is 25.3. The number of pyridine rings is 1. The quantitative estimate of drug-likeness (QED) is 0.187. The maximum Gasteiger partial charge on any atom is 0.338 e. The summed E-state index contributed by atoms with van der Waals surface area (Å²) in [7, 11) is 1.37. The summed E-state index contributed by atoms with van der Waals surface area (Å²) in [6.07, 6.45) is 6.15. The number of aromatic nitrogens is 3. The van der Waals surface area contributed by atoms with E-state index >= 15 is 0 Å². The normalized spacial score (nSPS) is 22.1. The zero-order valence-electron chi connectivity index (χ0n) is 31.9. The van der Waals surface area contributed by atoms with Crippen molar-refractivity contribution in [3.8, 4) is 22.9 Å². The lowest BCUT2D eigenvalue weighted by atomic mass is 9.73. The van der Waals surface area contributed by atoms with E-state index in [0.29, 0.717) is 60.3 Å². The number of carbonyl (C=O) groups excluding carboxylic acids is 3. The SMILES string of the molecule is COC(=O)c1cc(Oc2nc(-c3ccc4c(c3)N(C3CC(N5CCC(C)(C)C5)C3)C(=O)C43CCN(C(C)=O)CC3)cc3ncn(C(C)C)c23)ccc1C. The van der Waals surface area contributed by atoms with E-state index < -0.39 is 11.4 Å². The van der Waals surface area contributed by atoms with Crippen LogP contribution in [-0.4, -0.2) is 87.5 Å². The van der Waals surface area contributed by atoms with E-state index in [1.54, 1.807) is 19.3 Å². The summed E-state index contributed by atoms with van der Waals surface area (Å²) in [6.45, 7) is 15.7. The maximum absolute atomic E-state index is 14.8. The number of methoxy groups -OCH3 is 1. The van der Waals surface area contributed by atoms with E-state index in [4.69, 9.17) is 19.4 Å². The van der Waals surface area contributed by atoms with Crippen molar-refractivity contribution >= 4 is 34.5 Å². The molecule has 2 aromatic heterocycles. The Hall–Kier alpha value is -4.77. The molecule has 11 heteroatoms. The Balaban J connectivity index is 1.18. The number of nitrogens with zero attached hydrogens (tertiary/aromatic N) is 6. The number of carbonyl (C=O) groups is 3. The number of ether oxygens (including phenoxy) is 2. The van der Waals surface area contributed by atoms with Crippen LogP contribution in [0.25, 0.3) is 22.3 Å². The first-order valence-corrected chi connectivity index (χ1v) is 19.0. The third-order valence-electron chi connectivity index (χ3n) is 12.3. The smallest absolute Gasteiger partial charge is 0.338 e. The molecular formula is C42H50N6O5. The van der Waals surface area contributed by atoms with Crippen molar-refractivity contribution in [2.45, 2.75) is 97.2 Å². The number of piperidine rings is 1. The molecule has 0 radical (unpaired) electrons. The molecular weight excluding hydrogens is 668 g/mol. The van der Waals surface area contributed by atoms with Crippen LogP contribution in [0.4, 0.5) is 5.69 Å². The molecule has 278 valence electrons. The Morgan fingerprint density at radius 2 is 1.72 bits per heavy atom. The summed E-state index contributed by atoms with van der Waals surface area (Å²) >= 11 is 0. The average Bonchev–Trinajstić information content (AvgIpc) is 3.77. The molecule has 0 atom stereocenters. The van der Waals surface area contributed by atoms with Crippen LogP contribution >= 0.6 is 0 Å². The fourth-order valence-electron chi connectivity index (χ4n) is 9.08. The summed E-state index contributed by atoms with van der Waals surface area (Å²) in [6, 6.07) is 14.3. The summed E-state index contributed by atoms with van der Waals surface area (Å²) in [5.74, 6) is 0.627. The predicted molar refractivity (Wildman–Crippen MR) is 203 cm³/mol. The topological polar surface area (TPSA) is 110 Å².